The number of aromatic nitrogens is 1. The molecule has 4 amide bonds. The number of piperidine rings is 1. The van der Waals surface area contributed by atoms with Gasteiger partial charge in [-0.25, -0.2) is 18.4 Å². The fourth-order valence-corrected chi connectivity index (χ4v) is 5.44. The number of primary amides is 1. The van der Waals surface area contributed by atoms with Crippen LogP contribution in [0.1, 0.15) is 28.8 Å². The molecule has 1 aromatic heterocycles. The maximum absolute atomic E-state index is 14.0. The van der Waals surface area contributed by atoms with E-state index in [-0.39, 0.29) is 33.4 Å². The molecule has 2 aromatic rings. The molecule has 11 nitrogen and oxygen atoms in total. The van der Waals surface area contributed by atoms with Gasteiger partial charge in [-0.2, -0.15) is 4.37 Å². The largest absolute Gasteiger partial charge is 0.471 e. The molecule has 5 N–H and O–H groups in total. The number of hydrogen-bond acceptors (Lipinski definition) is 7. The van der Waals surface area contributed by atoms with Crippen LogP contribution in [0.15, 0.2) is 12.1 Å². The number of fused-ring (bicyclic) bond motifs is 1. The highest BCUT2D eigenvalue weighted by atomic mass is 35.5. The van der Waals surface area contributed by atoms with E-state index in [1.54, 1.807) is 0 Å². The lowest BCUT2D eigenvalue weighted by Gasteiger charge is -2.45. The van der Waals surface area contributed by atoms with E-state index in [2.05, 4.69) is 19.9 Å². The van der Waals surface area contributed by atoms with E-state index in [1.165, 1.54) is 4.90 Å². The zero-order chi connectivity index (χ0) is 26.7. The van der Waals surface area contributed by atoms with Crippen molar-refractivity contribution in [3.63, 3.8) is 0 Å². The quantitative estimate of drug-likeness (QED) is 0.408. The molecule has 37 heavy (non-hydrogen) atoms. The Morgan fingerprint density at radius 3 is 2.62 bits per heavy atom. The first kappa shape index (κ1) is 26.8. The molecule has 1 aromatic carbocycles. The van der Waals surface area contributed by atoms with Crippen molar-refractivity contribution in [2.75, 3.05) is 38.0 Å². The number of nitrogens with one attached hydrogen (secondary N) is 2. The van der Waals surface area contributed by atoms with E-state index in [0.717, 1.165) is 43.1 Å². The van der Waals surface area contributed by atoms with Gasteiger partial charge in [-0.3, -0.25) is 15.0 Å². The summed E-state index contributed by atoms with van der Waals surface area (Å²) in [5, 5.41) is 14.4. The first-order valence-electron chi connectivity index (χ1n) is 11.4. The van der Waals surface area contributed by atoms with Gasteiger partial charge in [0.05, 0.1) is 5.56 Å². The van der Waals surface area contributed by atoms with Crippen molar-refractivity contribution in [2.24, 2.45) is 11.7 Å². The number of benzene rings is 1. The van der Waals surface area contributed by atoms with Crippen LogP contribution in [0.4, 0.5) is 23.4 Å². The molecule has 2 aliphatic rings. The SMILES string of the molecule is NC(=O)c1c(OCc2c(F)cc(Cl)cc2F)nsc1NC(=O)NCC1CCC2CN(C(=O)O)CCN2C1. The Kier molecular flexibility index (Phi) is 8.29. The third kappa shape index (κ3) is 6.37. The van der Waals surface area contributed by atoms with Crippen LogP contribution in [-0.4, -0.2) is 76.1 Å². The van der Waals surface area contributed by atoms with Gasteiger partial charge in [-0.1, -0.05) is 11.6 Å². The van der Waals surface area contributed by atoms with E-state index in [4.69, 9.17) is 22.1 Å². The number of piperazine rings is 1. The predicted octanol–water partition coefficient (Wildman–Crippen LogP) is 2.95. The molecule has 15 heteroatoms. The normalized spacial score (nSPS) is 19.7. The number of nitrogens with two attached hydrogens (primary N) is 1. The Labute approximate surface area is 219 Å². The van der Waals surface area contributed by atoms with E-state index in [1.807, 2.05) is 0 Å². The van der Waals surface area contributed by atoms with Gasteiger partial charge in [-0.15, -0.1) is 0 Å². The molecular formula is C22H25ClF2N6O5S. The second-order valence-corrected chi connectivity index (χ2v) is 10.1. The van der Waals surface area contributed by atoms with Crippen LogP contribution in [0.5, 0.6) is 5.88 Å². The van der Waals surface area contributed by atoms with Crippen molar-refractivity contribution in [2.45, 2.75) is 25.5 Å². The molecule has 0 aliphatic carbocycles. The monoisotopic (exact) mass is 558 g/mol. The van der Waals surface area contributed by atoms with Crippen LogP contribution in [0, 0.1) is 17.6 Å². The van der Waals surface area contributed by atoms with Gasteiger partial charge in [0.15, 0.2) is 0 Å². The first-order valence-corrected chi connectivity index (χ1v) is 12.6. The molecule has 200 valence electrons. The number of carbonyl (C=O) groups excluding carboxylic acids is 2. The van der Waals surface area contributed by atoms with Gasteiger partial charge in [0.25, 0.3) is 5.91 Å². The van der Waals surface area contributed by atoms with Gasteiger partial charge in [0.2, 0.25) is 5.88 Å². The molecular weight excluding hydrogens is 534 g/mol. The lowest BCUT2D eigenvalue weighted by atomic mass is 9.91. The van der Waals surface area contributed by atoms with Crippen LogP contribution in [0.3, 0.4) is 0 Å². The Balaban J connectivity index is 1.31. The third-order valence-corrected chi connectivity index (χ3v) is 7.38. The van der Waals surface area contributed by atoms with Gasteiger partial charge in [-0.05, 0) is 42.4 Å². The Morgan fingerprint density at radius 1 is 1.22 bits per heavy atom. The standard InChI is InChI=1S/C22H25ClF2N6O5S/c23-12-5-15(24)14(16(25)6-12)10-36-19-17(18(26)32)20(37-29-19)28-21(33)27-7-11-1-2-13-9-31(22(34)35)4-3-30(13)8-11/h5-6,11,13H,1-4,7-10H2,(H2,26,32)(H,34,35)(H2,27,28,33). The number of rotatable bonds is 7. The lowest BCUT2D eigenvalue weighted by molar-refractivity contribution is 0.0311. The highest BCUT2D eigenvalue weighted by molar-refractivity contribution is 7.11. The van der Waals surface area contributed by atoms with Crippen molar-refractivity contribution < 1.29 is 33.0 Å². The van der Waals surface area contributed by atoms with Crippen molar-refractivity contribution >= 4 is 46.2 Å². The maximum atomic E-state index is 14.0. The topological polar surface area (TPSA) is 150 Å². The second-order valence-electron chi connectivity index (χ2n) is 8.85. The summed E-state index contributed by atoms with van der Waals surface area (Å²) < 4.78 is 37.3. The van der Waals surface area contributed by atoms with Crippen molar-refractivity contribution in [3.8, 4) is 5.88 Å². The molecule has 3 heterocycles. The summed E-state index contributed by atoms with van der Waals surface area (Å²) in [6.07, 6.45) is 0.752. The van der Waals surface area contributed by atoms with Crippen molar-refractivity contribution in [1.82, 2.24) is 19.5 Å². The molecule has 0 saturated carbocycles. The Bertz CT molecular complexity index is 1180. The van der Waals surface area contributed by atoms with Gasteiger partial charge < -0.3 is 25.8 Å². The number of halogens is 3. The molecule has 2 saturated heterocycles. The smallest absolute Gasteiger partial charge is 0.407 e. The van der Waals surface area contributed by atoms with Crippen molar-refractivity contribution in [1.29, 1.82) is 0 Å². The van der Waals surface area contributed by atoms with E-state index in [9.17, 15) is 28.3 Å². The number of carbonyl (C=O) groups is 3. The molecule has 2 aliphatic heterocycles. The van der Waals surface area contributed by atoms with Gasteiger partial charge >= 0.3 is 12.1 Å². The minimum Gasteiger partial charge on any atom is -0.471 e. The molecule has 2 atom stereocenters. The summed E-state index contributed by atoms with van der Waals surface area (Å²) in [5.41, 5.74) is 4.81. The minimum atomic E-state index is -0.935. The summed E-state index contributed by atoms with van der Waals surface area (Å²) >= 11 is 6.36. The summed E-state index contributed by atoms with van der Waals surface area (Å²) in [5.74, 6) is -2.86. The van der Waals surface area contributed by atoms with Crippen LogP contribution in [-0.2, 0) is 6.61 Å². The molecule has 0 radical (unpaired) electrons. The first-order chi connectivity index (χ1) is 17.6. The number of anilines is 1. The third-order valence-electron chi connectivity index (χ3n) is 6.42. The summed E-state index contributed by atoms with van der Waals surface area (Å²) in [6, 6.07) is 1.46. The van der Waals surface area contributed by atoms with Gasteiger partial charge in [0, 0.05) is 43.8 Å². The number of ether oxygens (including phenoxy) is 1. The van der Waals surface area contributed by atoms with E-state index in [0.29, 0.717) is 26.2 Å². The van der Waals surface area contributed by atoms with Crippen molar-refractivity contribution in [3.05, 3.63) is 39.9 Å². The summed E-state index contributed by atoms with van der Waals surface area (Å²) in [6.45, 7) is 2.12. The van der Waals surface area contributed by atoms with Crippen LogP contribution >= 0.6 is 23.1 Å². The Hall–Kier alpha value is -3.23. The number of nitrogens with zero attached hydrogens (tertiary/aromatic N) is 3. The van der Waals surface area contributed by atoms with Gasteiger partial charge in [0.1, 0.15) is 28.8 Å². The molecule has 2 fully saturated rings. The van der Waals surface area contributed by atoms with Crippen LogP contribution < -0.4 is 21.1 Å². The van der Waals surface area contributed by atoms with E-state index >= 15 is 0 Å². The number of urea groups is 1. The summed E-state index contributed by atoms with van der Waals surface area (Å²) in [7, 11) is 0. The fourth-order valence-electron chi connectivity index (χ4n) is 4.51. The average molecular weight is 559 g/mol. The zero-order valence-electron chi connectivity index (χ0n) is 19.5. The lowest BCUT2D eigenvalue weighted by Crippen LogP contribution is -2.58. The second kappa shape index (κ2) is 11.4. The molecule has 2 unspecified atom stereocenters. The van der Waals surface area contributed by atoms with E-state index < -0.39 is 41.8 Å². The summed E-state index contributed by atoms with van der Waals surface area (Å²) in [4.78, 5) is 39.4. The number of carboxylic acid groups (broad SMARTS) is 1. The number of amides is 4. The number of hydrogen-bond donors (Lipinski definition) is 4. The highest BCUT2D eigenvalue weighted by Gasteiger charge is 2.34. The average Bonchev–Trinajstić information content (AvgIpc) is 3.24. The zero-order valence-corrected chi connectivity index (χ0v) is 21.1. The molecule has 4 rings (SSSR count). The maximum Gasteiger partial charge on any atom is 0.407 e. The fraction of sp³-hybridized carbons (Fsp3) is 0.455. The predicted molar refractivity (Wildman–Crippen MR) is 131 cm³/mol. The Morgan fingerprint density at radius 2 is 1.95 bits per heavy atom. The van der Waals surface area contributed by atoms with Crippen LogP contribution in [0.2, 0.25) is 5.02 Å². The molecule has 0 spiro atoms. The minimum absolute atomic E-state index is 0.0329. The van der Waals surface area contributed by atoms with Crippen LogP contribution in [0.25, 0.3) is 0 Å². The molecule has 0 bridgehead atoms. The highest BCUT2D eigenvalue weighted by Crippen LogP contribution is 2.31.